The number of para-hydroxylation sites is 1. The number of hydrogen-bond donors (Lipinski definition) is 0. The standard InChI is InChI=1S/C19H21N2O.ClH/c1-19(2)16-9-5-6-10-17(16)20(3)18(19)13-15(22)14-21-11-7-4-8-12-21;/h4-13H,14H2,1-3H3;1H/q+1;/p-1. The van der Waals surface area contributed by atoms with Crippen molar-refractivity contribution in [1.82, 2.24) is 0 Å². The average Bonchev–Trinajstić information content (AvgIpc) is 2.70. The Labute approximate surface area is 143 Å². The van der Waals surface area contributed by atoms with E-state index in [9.17, 15) is 4.79 Å². The van der Waals surface area contributed by atoms with Gasteiger partial charge in [0.1, 0.15) is 0 Å². The number of halogens is 1. The summed E-state index contributed by atoms with van der Waals surface area (Å²) in [5.41, 5.74) is 3.35. The third kappa shape index (κ3) is 3.15. The van der Waals surface area contributed by atoms with E-state index in [1.54, 1.807) is 6.08 Å². The second-order valence-corrected chi connectivity index (χ2v) is 6.24. The van der Waals surface area contributed by atoms with Crippen LogP contribution in [0.2, 0.25) is 0 Å². The summed E-state index contributed by atoms with van der Waals surface area (Å²) >= 11 is 0. The molecule has 0 saturated heterocycles. The van der Waals surface area contributed by atoms with Gasteiger partial charge in [-0.1, -0.05) is 38.1 Å². The van der Waals surface area contributed by atoms with Crippen LogP contribution in [0.5, 0.6) is 0 Å². The van der Waals surface area contributed by atoms with Crippen molar-refractivity contribution in [3.63, 3.8) is 0 Å². The van der Waals surface area contributed by atoms with Gasteiger partial charge in [-0.15, -0.1) is 0 Å². The Hall–Kier alpha value is -2.13. The third-order valence-corrected chi connectivity index (χ3v) is 4.35. The van der Waals surface area contributed by atoms with E-state index in [0.717, 1.165) is 5.70 Å². The van der Waals surface area contributed by atoms with E-state index >= 15 is 0 Å². The highest BCUT2D eigenvalue weighted by molar-refractivity contribution is 5.91. The molecule has 2 aromatic rings. The average molecular weight is 329 g/mol. The van der Waals surface area contributed by atoms with Gasteiger partial charge >= 0.3 is 0 Å². The molecule has 0 atom stereocenters. The van der Waals surface area contributed by atoms with E-state index in [4.69, 9.17) is 0 Å². The van der Waals surface area contributed by atoms with Gasteiger partial charge in [0, 0.05) is 42.1 Å². The van der Waals surface area contributed by atoms with Crippen LogP contribution in [-0.2, 0) is 16.8 Å². The molecule has 3 rings (SSSR count). The van der Waals surface area contributed by atoms with Gasteiger partial charge in [-0.05, 0) is 11.6 Å². The summed E-state index contributed by atoms with van der Waals surface area (Å²) in [5.74, 6) is 0.110. The summed E-state index contributed by atoms with van der Waals surface area (Å²) in [4.78, 5) is 14.6. The number of benzene rings is 1. The topological polar surface area (TPSA) is 24.2 Å². The molecule has 0 bridgehead atoms. The maximum Gasteiger partial charge on any atom is 0.222 e. The Kier molecular flexibility index (Phi) is 4.90. The highest BCUT2D eigenvalue weighted by atomic mass is 35.5. The molecule has 1 aliphatic rings. The molecule has 0 saturated carbocycles. The largest absolute Gasteiger partial charge is 1.00 e. The lowest BCUT2D eigenvalue weighted by Crippen LogP contribution is -3.00. The normalized spacial score (nSPS) is 16.8. The highest BCUT2D eigenvalue weighted by Crippen LogP contribution is 2.46. The van der Waals surface area contributed by atoms with Gasteiger partial charge in [-0.2, -0.15) is 4.57 Å². The van der Waals surface area contributed by atoms with Crippen LogP contribution in [0.1, 0.15) is 19.4 Å². The van der Waals surface area contributed by atoms with Gasteiger partial charge < -0.3 is 17.3 Å². The van der Waals surface area contributed by atoms with Crippen LogP contribution >= 0.6 is 0 Å². The van der Waals surface area contributed by atoms with Crippen molar-refractivity contribution in [2.45, 2.75) is 25.8 Å². The SMILES string of the molecule is CN1C(=CC(=O)C[n+]2ccccc2)C(C)(C)c2ccccc21.[Cl-]. The van der Waals surface area contributed by atoms with Crippen molar-refractivity contribution < 1.29 is 21.8 Å². The van der Waals surface area contributed by atoms with Crippen LogP contribution < -0.4 is 21.9 Å². The predicted octanol–water partition coefficient (Wildman–Crippen LogP) is -0.141. The molecule has 0 amide bonds. The first-order valence-corrected chi connectivity index (χ1v) is 7.52. The molecular weight excluding hydrogens is 308 g/mol. The van der Waals surface area contributed by atoms with Crippen LogP contribution in [-0.4, -0.2) is 12.8 Å². The maximum absolute atomic E-state index is 12.4. The lowest BCUT2D eigenvalue weighted by Gasteiger charge is -2.23. The van der Waals surface area contributed by atoms with Crippen molar-refractivity contribution >= 4 is 11.5 Å². The molecule has 1 aromatic carbocycles. The number of fused-ring (bicyclic) bond motifs is 1. The fourth-order valence-electron chi connectivity index (χ4n) is 3.18. The van der Waals surface area contributed by atoms with E-state index in [-0.39, 0.29) is 23.6 Å². The number of carbonyl (C=O) groups excluding carboxylic acids is 1. The quantitative estimate of drug-likeness (QED) is 0.578. The monoisotopic (exact) mass is 328 g/mol. The number of aromatic nitrogens is 1. The molecule has 0 spiro atoms. The second-order valence-electron chi connectivity index (χ2n) is 6.24. The minimum Gasteiger partial charge on any atom is -1.00 e. The number of allylic oxidation sites excluding steroid dienone is 2. The highest BCUT2D eigenvalue weighted by Gasteiger charge is 2.38. The fraction of sp³-hybridized carbons (Fsp3) is 0.263. The number of hydrogen-bond acceptors (Lipinski definition) is 2. The first-order chi connectivity index (χ1) is 10.5. The molecule has 0 unspecified atom stereocenters. The second kappa shape index (κ2) is 6.55. The molecule has 1 aliphatic heterocycles. The molecule has 1 aromatic heterocycles. The van der Waals surface area contributed by atoms with E-state index in [1.165, 1.54) is 11.3 Å². The Morgan fingerprint density at radius 2 is 1.78 bits per heavy atom. The zero-order chi connectivity index (χ0) is 15.7. The smallest absolute Gasteiger partial charge is 0.222 e. The van der Waals surface area contributed by atoms with Crippen LogP contribution in [0.15, 0.2) is 66.6 Å². The summed E-state index contributed by atoms with van der Waals surface area (Å²) < 4.78 is 1.90. The van der Waals surface area contributed by atoms with Gasteiger partial charge in [0.05, 0.1) is 0 Å². The summed E-state index contributed by atoms with van der Waals surface area (Å²) in [6.45, 7) is 4.71. The Balaban J connectivity index is 0.00000192. The molecular formula is C19H21ClN2O. The first kappa shape index (κ1) is 17.2. The van der Waals surface area contributed by atoms with Crippen LogP contribution in [0.3, 0.4) is 0 Å². The van der Waals surface area contributed by atoms with E-state index in [0.29, 0.717) is 6.54 Å². The van der Waals surface area contributed by atoms with Crippen LogP contribution in [0.25, 0.3) is 0 Å². The number of ketones is 1. The van der Waals surface area contributed by atoms with Crippen LogP contribution in [0, 0.1) is 0 Å². The van der Waals surface area contributed by atoms with Crippen molar-refractivity contribution in [3.05, 3.63) is 72.2 Å². The number of likely N-dealkylation sites (N-methyl/N-ethyl adjacent to an activating group) is 1. The number of rotatable bonds is 3. The van der Waals surface area contributed by atoms with Crippen molar-refractivity contribution in [3.8, 4) is 0 Å². The molecule has 4 heteroatoms. The predicted molar refractivity (Wildman–Crippen MR) is 87.6 cm³/mol. The minimum atomic E-state index is -0.150. The first-order valence-electron chi connectivity index (χ1n) is 7.52. The molecule has 0 radical (unpaired) electrons. The molecule has 3 nitrogen and oxygen atoms in total. The number of anilines is 1. The Bertz CT molecular complexity index is 738. The Morgan fingerprint density at radius 1 is 1.13 bits per heavy atom. The minimum absolute atomic E-state index is 0. The lowest BCUT2D eigenvalue weighted by atomic mass is 9.83. The molecule has 0 N–H and O–H groups in total. The zero-order valence-corrected chi connectivity index (χ0v) is 14.4. The molecule has 2 heterocycles. The van der Waals surface area contributed by atoms with Gasteiger partial charge in [0.25, 0.3) is 0 Å². The van der Waals surface area contributed by atoms with Gasteiger partial charge in [-0.25, -0.2) is 0 Å². The molecule has 0 fully saturated rings. The molecule has 23 heavy (non-hydrogen) atoms. The molecule has 0 aliphatic carbocycles. The Morgan fingerprint density at radius 3 is 2.43 bits per heavy atom. The summed E-state index contributed by atoms with van der Waals surface area (Å²) in [7, 11) is 2.03. The summed E-state index contributed by atoms with van der Waals surface area (Å²) in [6, 6.07) is 14.2. The van der Waals surface area contributed by atoms with Gasteiger partial charge in [0.15, 0.2) is 12.4 Å². The number of carbonyl (C=O) groups is 1. The van der Waals surface area contributed by atoms with Crippen LogP contribution in [0.4, 0.5) is 5.69 Å². The fourth-order valence-corrected chi connectivity index (χ4v) is 3.18. The number of pyridine rings is 1. The van der Waals surface area contributed by atoms with Gasteiger partial charge in [-0.3, -0.25) is 4.79 Å². The van der Waals surface area contributed by atoms with Crippen molar-refractivity contribution in [2.24, 2.45) is 0 Å². The third-order valence-electron chi connectivity index (χ3n) is 4.35. The summed E-state index contributed by atoms with van der Waals surface area (Å²) in [6.07, 6.45) is 5.61. The van der Waals surface area contributed by atoms with E-state index < -0.39 is 0 Å². The summed E-state index contributed by atoms with van der Waals surface area (Å²) in [5, 5.41) is 0. The van der Waals surface area contributed by atoms with E-state index in [2.05, 4.69) is 36.9 Å². The van der Waals surface area contributed by atoms with E-state index in [1.807, 2.05) is 48.3 Å². The van der Waals surface area contributed by atoms with Crippen molar-refractivity contribution in [1.29, 1.82) is 0 Å². The van der Waals surface area contributed by atoms with Gasteiger partial charge in [0.2, 0.25) is 12.3 Å². The molecule has 120 valence electrons. The zero-order valence-electron chi connectivity index (χ0n) is 13.7. The van der Waals surface area contributed by atoms with Crippen molar-refractivity contribution in [2.75, 3.05) is 11.9 Å². The maximum atomic E-state index is 12.4. The number of nitrogens with zero attached hydrogens (tertiary/aromatic N) is 2. The lowest BCUT2D eigenvalue weighted by molar-refractivity contribution is -0.683.